The van der Waals surface area contributed by atoms with Crippen LogP contribution in [0.15, 0.2) is 40.0 Å². The molecule has 1 aliphatic carbocycles. The summed E-state index contributed by atoms with van der Waals surface area (Å²) in [4.78, 5) is 5.15. The van der Waals surface area contributed by atoms with Crippen molar-refractivity contribution in [3.05, 3.63) is 36.4 Å². The van der Waals surface area contributed by atoms with Crippen molar-refractivity contribution in [1.29, 1.82) is 5.26 Å². The van der Waals surface area contributed by atoms with Crippen molar-refractivity contribution in [3.8, 4) is 17.4 Å². The Balaban J connectivity index is 1.99. The van der Waals surface area contributed by atoms with E-state index in [0.717, 1.165) is 16.2 Å². The maximum absolute atomic E-state index is 9.02. The Morgan fingerprint density at radius 1 is 1.47 bits per heavy atom. The number of rotatable bonds is 3. The SMILES string of the molecule is N#Cc1ncc(-c2ccco2)cc1SC1CC1. The molecule has 0 unspecified atom stereocenters. The zero-order valence-corrected chi connectivity index (χ0v) is 9.91. The Bertz CT molecular complexity index is 568. The molecule has 0 N–H and O–H groups in total. The molecule has 3 rings (SSSR count). The van der Waals surface area contributed by atoms with Crippen LogP contribution < -0.4 is 0 Å². The molecule has 0 amide bonds. The average molecular weight is 242 g/mol. The van der Waals surface area contributed by atoms with Gasteiger partial charge in [-0.2, -0.15) is 5.26 Å². The summed E-state index contributed by atoms with van der Waals surface area (Å²) < 4.78 is 5.34. The fourth-order valence-electron chi connectivity index (χ4n) is 1.56. The molecule has 0 radical (unpaired) electrons. The normalized spacial score (nSPS) is 14.5. The number of furan rings is 1. The summed E-state index contributed by atoms with van der Waals surface area (Å²) in [6.45, 7) is 0. The molecule has 2 heterocycles. The Hall–Kier alpha value is -1.73. The molecule has 3 nitrogen and oxygen atoms in total. The molecule has 0 aliphatic heterocycles. The molecule has 2 aromatic heterocycles. The maximum Gasteiger partial charge on any atom is 0.154 e. The van der Waals surface area contributed by atoms with Crippen molar-refractivity contribution in [2.75, 3.05) is 0 Å². The quantitative estimate of drug-likeness (QED) is 0.827. The summed E-state index contributed by atoms with van der Waals surface area (Å²) in [5.74, 6) is 0.791. The van der Waals surface area contributed by atoms with Gasteiger partial charge >= 0.3 is 0 Å². The first-order valence-corrected chi connectivity index (χ1v) is 6.35. The van der Waals surface area contributed by atoms with E-state index in [1.165, 1.54) is 12.8 Å². The van der Waals surface area contributed by atoms with Gasteiger partial charge in [-0.15, -0.1) is 11.8 Å². The van der Waals surface area contributed by atoms with Gasteiger partial charge in [-0.1, -0.05) is 0 Å². The van der Waals surface area contributed by atoms with E-state index >= 15 is 0 Å². The largest absolute Gasteiger partial charge is 0.464 e. The molecule has 4 heteroatoms. The van der Waals surface area contributed by atoms with Crippen LogP contribution in [0.2, 0.25) is 0 Å². The molecular weight excluding hydrogens is 232 g/mol. The van der Waals surface area contributed by atoms with Crippen LogP contribution in [0.4, 0.5) is 0 Å². The second-order valence-electron chi connectivity index (χ2n) is 3.98. The minimum Gasteiger partial charge on any atom is -0.464 e. The van der Waals surface area contributed by atoms with Gasteiger partial charge in [-0.05, 0) is 31.0 Å². The Labute approximate surface area is 103 Å². The highest BCUT2D eigenvalue weighted by Gasteiger charge is 2.24. The van der Waals surface area contributed by atoms with Gasteiger partial charge in [-0.25, -0.2) is 4.98 Å². The second-order valence-corrected chi connectivity index (χ2v) is 5.32. The highest BCUT2D eigenvalue weighted by atomic mass is 32.2. The fraction of sp³-hybridized carbons (Fsp3) is 0.231. The lowest BCUT2D eigenvalue weighted by molar-refractivity contribution is 0.582. The third-order valence-corrected chi connectivity index (χ3v) is 3.95. The van der Waals surface area contributed by atoms with Crippen LogP contribution in [0.1, 0.15) is 18.5 Å². The molecule has 1 aliphatic rings. The Kier molecular flexibility index (Phi) is 2.62. The summed E-state index contributed by atoms with van der Waals surface area (Å²) in [6, 6.07) is 7.88. The summed E-state index contributed by atoms with van der Waals surface area (Å²) in [6.07, 6.45) is 5.80. The number of pyridine rings is 1. The zero-order chi connectivity index (χ0) is 11.7. The van der Waals surface area contributed by atoms with E-state index in [-0.39, 0.29) is 0 Å². The smallest absolute Gasteiger partial charge is 0.154 e. The van der Waals surface area contributed by atoms with E-state index in [0.29, 0.717) is 10.9 Å². The fourth-order valence-corrected chi connectivity index (χ4v) is 2.70. The molecule has 84 valence electrons. The van der Waals surface area contributed by atoms with E-state index in [1.54, 1.807) is 24.2 Å². The van der Waals surface area contributed by atoms with Gasteiger partial charge in [0.05, 0.1) is 6.26 Å². The number of nitrogens with zero attached hydrogens (tertiary/aromatic N) is 2. The molecule has 0 spiro atoms. The summed E-state index contributed by atoms with van der Waals surface area (Å²) >= 11 is 1.75. The number of hydrogen-bond donors (Lipinski definition) is 0. The minimum atomic E-state index is 0.511. The Morgan fingerprint density at radius 3 is 3.00 bits per heavy atom. The number of nitriles is 1. The van der Waals surface area contributed by atoms with Gasteiger partial charge < -0.3 is 4.42 Å². The standard InChI is InChI=1S/C13H10N2OS/c14-7-11-13(17-10-3-4-10)6-9(8-15-11)12-2-1-5-16-12/h1-2,5-6,8,10H,3-4H2. The van der Waals surface area contributed by atoms with Crippen LogP contribution in [0.5, 0.6) is 0 Å². The molecular formula is C13H10N2OS. The monoisotopic (exact) mass is 242 g/mol. The van der Waals surface area contributed by atoms with E-state index in [9.17, 15) is 0 Å². The van der Waals surface area contributed by atoms with Crippen molar-refractivity contribution in [3.63, 3.8) is 0 Å². The highest BCUT2D eigenvalue weighted by Crippen LogP contribution is 2.41. The average Bonchev–Trinajstić information content (AvgIpc) is 3.00. The lowest BCUT2D eigenvalue weighted by Gasteiger charge is -2.04. The van der Waals surface area contributed by atoms with Crippen LogP contribution in [0.25, 0.3) is 11.3 Å². The van der Waals surface area contributed by atoms with Gasteiger partial charge in [0.1, 0.15) is 11.8 Å². The lowest BCUT2D eigenvalue weighted by Crippen LogP contribution is -1.89. The first kappa shape index (κ1) is 10.4. The van der Waals surface area contributed by atoms with Crippen molar-refractivity contribution in [1.82, 2.24) is 4.98 Å². The van der Waals surface area contributed by atoms with Gasteiger partial charge in [-0.3, -0.25) is 0 Å². The van der Waals surface area contributed by atoms with Gasteiger partial charge in [0, 0.05) is 21.9 Å². The minimum absolute atomic E-state index is 0.511. The van der Waals surface area contributed by atoms with E-state index in [4.69, 9.17) is 9.68 Å². The molecule has 0 aromatic carbocycles. The molecule has 0 bridgehead atoms. The number of aromatic nitrogens is 1. The summed E-state index contributed by atoms with van der Waals surface area (Å²) in [5.41, 5.74) is 1.44. The van der Waals surface area contributed by atoms with E-state index < -0.39 is 0 Å². The van der Waals surface area contributed by atoms with Crippen molar-refractivity contribution in [2.45, 2.75) is 23.0 Å². The van der Waals surface area contributed by atoms with Crippen LogP contribution in [0.3, 0.4) is 0 Å². The first-order valence-electron chi connectivity index (χ1n) is 5.47. The topological polar surface area (TPSA) is 49.8 Å². The lowest BCUT2D eigenvalue weighted by atomic mass is 10.2. The molecule has 17 heavy (non-hydrogen) atoms. The molecule has 0 saturated heterocycles. The predicted octanol–water partition coefficient (Wildman–Crippen LogP) is 3.47. The third kappa shape index (κ3) is 2.20. The molecule has 1 fully saturated rings. The Morgan fingerprint density at radius 2 is 2.35 bits per heavy atom. The van der Waals surface area contributed by atoms with Crippen LogP contribution in [0, 0.1) is 11.3 Å². The molecule has 0 atom stereocenters. The van der Waals surface area contributed by atoms with Gasteiger partial charge in [0.15, 0.2) is 5.69 Å². The van der Waals surface area contributed by atoms with E-state index in [2.05, 4.69) is 11.1 Å². The van der Waals surface area contributed by atoms with Crippen molar-refractivity contribution < 1.29 is 4.42 Å². The van der Waals surface area contributed by atoms with Crippen LogP contribution >= 0.6 is 11.8 Å². The molecule has 2 aromatic rings. The third-order valence-electron chi connectivity index (χ3n) is 2.58. The van der Waals surface area contributed by atoms with E-state index in [1.807, 2.05) is 18.2 Å². The number of hydrogen-bond acceptors (Lipinski definition) is 4. The predicted molar refractivity (Wildman–Crippen MR) is 65.5 cm³/mol. The van der Waals surface area contributed by atoms with Gasteiger partial charge in [0.2, 0.25) is 0 Å². The first-order chi connectivity index (χ1) is 8.36. The van der Waals surface area contributed by atoms with Crippen molar-refractivity contribution >= 4 is 11.8 Å². The van der Waals surface area contributed by atoms with Crippen LogP contribution in [-0.4, -0.2) is 10.2 Å². The zero-order valence-electron chi connectivity index (χ0n) is 9.09. The highest BCUT2D eigenvalue weighted by molar-refractivity contribution is 8.00. The summed E-state index contributed by atoms with van der Waals surface area (Å²) in [7, 11) is 0. The maximum atomic E-state index is 9.02. The molecule has 1 saturated carbocycles. The summed E-state index contributed by atoms with van der Waals surface area (Å²) in [5, 5.41) is 9.69. The second kappa shape index (κ2) is 4.27. The van der Waals surface area contributed by atoms with Crippen LogP contribution in [-0.2, 0) is 0 Å². The van der Waals surface area contributed by atoms with Crippen molar-refractivity contribution in [2.24, 2.45) is 0 Å². The van der Waals surface area contributed by atoms with Gasteiger partial charge in [0.25, 0.3) is 0 Å². The number of thioether (sulfide) groups is 1.